The van der Waals surface area contributed by atoms with Crippen molar-refractivity contribution in [1.29, 1.82) is 0 Å². The summed E-state index contributed by atoms with van der Waals surface area (Å²) >= 11 is 15.5. The number of nitrogens with two attached hydrogens (primary N) is 1. The van der Waals surface area contributed by atoms with E-state index in [4.69, 9.17) is 33.4 Å². The Morgan fingerprint density at radius 3 is 2.74 bits per heavy atom. The topological polar surface area (TPSA) is 52.0 Å². The molecule has 0 atom stereocenters. The van der Waals surface area contributed by atoms with Gasteiger partial charge in [0.25, 0.3) is 0 Å². The van der Waals surface area contributed by atoms with Crippen LogP contribution in [-0.2, 0) is 0 Å². The molecule has 3 rings (SSSR count). The fourth-order valence-electron chi connectivity index (χ4n) is 1.76. The number of halogens is 3. The van der Waals surface area contributed by atoms with Gasteiger partial charge in [0.05, 0.1) is 15.7 Å². The second kappa shape index (κ2) is 4.71. The normalized spacial score (nSPS) is 11.1. The van der Waals surface area contributed by atoms with Gasteiger partial charge in [0.1, 0.15) is 5.52 Å². The van der Waals surface area contributed by atoms with Gasteiger partial charge in [-0.2, -0.15) is 0 Å². The maximum absolute atomic E-state index is 6.12. The number of hydrogen-bond donors (Lipinski definition) is 1. The van der Waals surface area contributed by atoms with Crippen molar-refractivity contribution in [2.45, 2.75) is 0 Å². The first-order valence-corrected chi connectivity index (χ1v) is 6.91. The van der Waals surface area contributed by atoms with Gasteiger partial charge >= 0.3 is 0 Å². The summed E-state index contributed by atoms with van der Waals surface area (Å²) < 4.78 is 6.61. The average Bonchev–Trinajstić information content (AvgIpc) is 2.80. The largest absolute Gasteiger partial charge is 0.436 e. The summed E-state index contributed by atoms with van der Waals surface area (Å²) in [7, 11) is 0. The molecule has 1 heterocycles. The Bertz CT molecular complexity index is 786. The predicted molar refractivity (Wildman–Crippen MR) is 81.6 cm³/mol. The number of nitrogens with zero attached hydrogens (tertiary/aromatic N) is 1. The highest BCUT2D eigenvalue weighted by Gasteiger charge is 2.15. The Labute approximate surface area is 127 Å². The number of hydrogen-bond acceptors (Lipinski definition) is 3. The molecule has 2 aromatic carbocycles. The second-order valence-electron chi connectivity index (χ2n) is 3.96. The molecule has 0 saturated heterocycles. The van der Waals surface area contributed by atoms with E-state index in [0.29, 0.717) is 32.7 Å². The molecule has 0 aliphatic carbocycles. The van der Waals surface area contributed by atoms with E-state index in [1.165, 1.54) is 0 Å². The lowest BCUT2D eigenvalue weighted by atomic mass is 10.2. The molecule has 0 aliphatic rings. The summed E-state index contributed by atoms with van der Waals surface area (Å²) in [5.74, 6) is 0.472. The monoisotopic (exact) mass is 356 g/mol. The highest BCUT2D eigenvalue weighted by molar-refractivity contribution is 9.10. The first-order valence-electron chi connectivity index (χ1n) is 5.36. The number of nitrogen functional groups attached to an aromatic ring is 1. The van der Waals surface area contributed by atoms with Gasteiger partial charge in [-0.3, -0.25) is 0 Å². The molecule has 0 bridgehead atoms. The second-order valence-corrected chi connectivity index (χ2v) is 5.66. The van der Waals surface area contributed by atoms with E-state index in [1.54, 1.807) is 6.07 Å². The van der Waals surface area contributed by atoms with Crippen LogP contribution >= 0.6 is 39.1 Å². The van der Waals surface area contributed by atoms with Crippen LogP contribution in [-0.4, -0.2) is 4.98 Å². The van der Waals surface area contributed by atoms with Crippen LogP contribution in [0.25, 0.3) is 22.6 Å². The van der Waals surface area contributed by atoms with E-state index in [0.717, 1.165) is 10.0 Å². The van der Waals surface area contributed by atoms with E-state index >= 15 is 0 Å². The third-order valence-electron chi connectivity index (χ3n) is 2.68. The van der Waals surface area contributed by atoms with E-state index in [9.17, 15) is 0 Å². The standard InChI is InChI=1S/C13H7BrCl2N2O/c14-7-3-1-2-6(4-7)13-18-12-9(19-13)5-8(15)11(17)10(12)16/h1-5H,17H2. The molecule has 19 heavy (non-hydrogen) atoms. The number of aromatic nitrogens is 1. The molecule has 0 fully saturated rings. The fourth-order valence-corrected chi connectivity index (χ4v) is 2.64. The van der Waals surface area contributed by atoms with E-state index in [-0.39, 0.29) is 0 Å². The Morgan fingerprint density at radius 2 is 2.00 bits per heavy atom. The van der Waals surface area contributed by atoms with Crippen LogP contribution < -0.4 is 5.73 Å². The zero-order valence-electron chi connectivity index (χ0n) is 9.45. The molecule has 0 saturated carbocycles. The molecule has 0 amide bonds. The lowest BCUT2D eigenvalue weighted by Crippen LogP contribution is -1.88. The SMILES string of the molecule is Nc1c(Cl)cc2oc(-c3cccc(Br)c3)nc2c1Cl. The van der Waals surface area contributed by atoms with Crippen molar-refractivity contribution in [1.82, 2.24) is 4.98 Å². The first kappa shape index (κ1) is 12.8. The number of fused-ring (bicyclic) bond motifs is 1. The highest BCUT2D eigenvalue weighted by Crippen LogP contribution is 2.37. The van der Waals surface area contributed by atoms with Crippen LogP contribution in [0.1, 0.15) is 0 Å². The van der Waals surface area contributed by atoms with Crippen LogP contribution in [0.2, 0.25) is 10.0 Å². The van der Waals surface area contributed by atoms with Gasteiger partial charge in [0.15, 0.2) is 5.58 Å². The molecule has 1 aromatic heterocycles. The quantitative estimate of drug-likeness (QED) is 0.613. The van der Waals surface area contributed by atoms with Gasteiger partial charge in [0, 0.05) is 16.1 Å². The molecule has 96 valence electrons. The number of oxazole rings is 1. The number of anilines is 1. The van der Waals surface area contributed by atoms with Crippen LogP contribution in [0.15, 0.2) is 39.2 Å². The molecule has 3 aromatic rings. The third-order valence-corrected chi connectivity index (χ3v) is 3.87. The van der Waals surface area contributed by atoms with E-state index in [2.05, 4.69) is 20.9 Å². The van der Waals surface area contributed by atoms with Gasteiger partial charge in [-0.25, -0.2) is 4.98 Å². The van der Waals surface area contributed by atoms with E-state index < -0.39 is 0 Å². The third kappa shape index (κ3) is 2.20. The molecule has 0 radical (unpaired) electrons. The number of rotatable bonds is 1. The van der Waals surface area contributed by atoms with Crippen molar-refractivity contribution in [3.05, 3.63) is 44.8 Å². The minimum atomic E-state index is 0.310. The molecule has 0 unspecified atom stereocenters. The Morgan fingerprint density at radius 1 is 1.21 bits per heavy atom. The lowest BCUT2D eigenvalue weighted by molar-refractivity contribution is 0.620. The fraction of sp³-hybridized carbons (Fsp3) is 0. The Hall–Kier alpha value is -1.23. The molecular formula is C13H7BrCl2N2O. The minimum absolute atomic E-state index is 0.310. The number of benzene rings is 2. The van der Waals surface area contributed by atoms with Crippen molar-refractivity contribution >= 4 is 55.9 Å². The summed E-state index contributed by atoms with van der Waals surface area (Å²) in [6, 6.07) is 9.25. The smallest absolute Gasteiger partial charge is 0.227 e. The molecule has 2 N–H and O–H groups in total. The molecule has 0 spiro atoms. The summed E-state index contributed by atoms with van der Waals surface area (Å²) in [6.45, 7) is 0. The summed E-state index contributed by atoms with van der Waals surface area (Å²) in [6.07, 6.45) is 0. The zero-order valence-corrected chi connectivity index (χ0v) is 12.6. The van der Waals surface area contributed by atoms with Crippen LogP contribution in [0.3, 0.4) is 0 Å². The van der Waals surface area contributed by atoms with Crippen molar-refractivity contribution in [3.63, 3.8) is 0 Å². The maximum Gasteiger partial charge on any atom is 0.227 e. The van der Waals surface area contributed by atoms with Gasteiger partial charge in [-0.15, -0.1) is 0 Å². The summed E-state index contributed by atoms with van der Waals surface area (Å²) in [5, 5.41) is 0.668. The average molecular weight is 358 g/mol. The van der Waals surface area contributed by atoms with Crippen LogP contribution in [0.4, 0.5) is 5.69 Å². The van der Waals surface area contributed by atoms with Crippen LogP contribution in [0.5, 0.6) is 0 Å². The highest BCUT2D eigenvalue weighted by atomic mass is 79.9. The molecule has 0 aliphatic heterocycles. The molecule has 3 nitrogen and oxygen atoms in total. The first-order chi connectivity index (χ1) is 9.06. The Kier molecular flexibility index (Phi) is 3.17. The molecule has 6 heteroatoms. The molecular weight excluding hydrogens is 351 g/mol. The van der Waals surface area contributed by atoms with Gasteiger partial charge < -0.3 is 10.2 Å². The van der Waals surface area contributed by atoms with Crippen molar-refractivity contribution in [3.8, 4) is 11.5 Å². The maximum atomic E-state index is 6.12. The summed E-state index contributed by atoms with van der Waals surface area (Å²) in [4.78, 5) is 4.37. The minimum Gasteiger partial charge on any atom is -0.436 e. The van der Waals surface area contributed by atoms with Crippen molar-refractivity contribution in [2.75, 3.05) is 5.73 Å². The summed E-state index contributed by atoms with van der Waals surface area (Å²) in [5.41, 5.74) is 7.95. The van der Waals surface area contributed by atoms with Crippen molar-refractivity contribution in [2.24, 2.45) is 0 Å². The van der Waals surface area contributed by atoms with Crippen molar-refractivity contribution < 1.29 is 4.42 Å². The zero-order chi connectivity index (χ0) is 13.6. The Balaban J connectivity index is 2.25. The van der Waals surface area contributed by atoms with Gasteiger partial charge in [-0.1, -0.05) is 45.2 Å². The predicted octanol–water partition coefficient (Wildman–Crippen LogP) is 5.15. The van der Waals surface area contributed by atoms with Crippen LogP contribution in [0, 0.1) is 0 Å². The van der Waals surface area contributed by atoms with E-state index in [1.807, 2.05) is 24.3 Å². The van der Waals surface area contributed by atoms with Gasteiger partial charge in [-0.05, 0) is 18.2 Å². The van der Waals surface area contributed by atoms with Gasteiger partial charge in [0.2, 0.25) is 5.89 Å². The lowest BCUT2D eigenvalue weighted by Gasteiger charge is -1.99.